The van der Waals surface area contributed by atoms with Gasteiger partial charge in [0.2, 0.25) is 0 Å². The number of carbonyl (C=O) groups excluding carboxylic acids is 3. The fourth-order valence-electron chi connectivity index (χ4n) is 2.25. The number of hydrogen-bond donors (Lipinski definition) is 4. The van der Waals surface area contributed by atoms with Gasteiger partial charge in [0, 0.05) is 11.6 Å². The summed E-state index contributed by atoms with van der Waals surface area (Å²) in [6.45, 7) is 5.15. The van der Waals surface area contributed by atoms with Gasteiger partial charge in [-0.25, -0.2) is 8.42 Å². The van der Waals surface area contributed by atoms with Crippen molar-refractivity contribution in [1.29, 1.82) is 0 Å². The van der Waals surface area contributed by atoms with Gasteiger partial charge in [-0.05, 0) is 56.7 Å². The van der Waals surface area contributed by atoms with Crippen LogP contribution in [0.2, 0.25) is 0 Å². The Balaban J connectivity index is 2.02. The van der Waals surface area contributed by atoms with E-state index in [0.717, 1.165) is 5.56 Å². The molecule has 0 aromatic heterocycles. The van der Waals surface area contributed by atoms with Gasteiger partial charge in [0.25, 0.3) is 15.9 Å². The highest BCUT2D eigenvalue weighted by molar-refractivity contribution is 7.92. The second-order valence-electron chi connectivity index (χ2n) is 6.48. The number of anilines is 1. The molecule has 2 rings (SSSR count). The minimum Gasteiger partial charge on any atom is -0.346 e. The molecule has 9 nitrogen and oxygen atoms in total. The van der Waals surface area contributed by atoms with Crippen molar-refractivity contribution in [2.45, 2.75) is 31.7 Å². The van der Waals surface area contributed by atoms with Crippen molar-refractivity contribution >= 4 is 33.4 Å². The van der Waals surface area contributed by atoms with Crippen LogP contribution < -0.4 is 20.9 Å². The number of hydrazine groups is 1. The molecule has 0 heterocycles. The molecular formula is C19H22N4O5S. The van der Waals surface area contributed by atoms with Crippen LogP contribution in [0.1, 0.15) is 29.8 Å². The Kier molecular flexibility index (Phi) is 6.94. The molecule has 29 heavy (non-hydrogen) atoms. The summed E-state index contributed by atoms with van der Waals surface area (Å²) >= 11 is 0. The Hall–Kier alpha value is -3.40. The summed E-state index contributed by atoms with van der Waals surface area (Å²) in [5.74, 6) is -2.61. The lowest BCUT2D eigenvalue weighted by Crippen LogP contribution is -2.49. The average Bonchev–Trinajstić information content (AvgIpc) is 2.67. The molecule has 0 aliphatic heterocycles. The van der Waals surface area contributed by atoms with Crippen molar-refractivity contribution in [1.82, 2.24) is 16.2 Å². The van der Waals surface area contributed by atoms with Gasteiger partial charge in [0.15, 0.2) is 0 Å². The van der Waals surface area contributed by atoms with Crippen LogP contribution in [0, 0.1) is 6.92 Å². The monoisotopic (exact) mass is 418 g/mol. The molecule has 0 bridgehead atoms. The van der Waals surface area contributed by atoms with Crippen LogP contribution in [0.4, 0.5) is 5.69 Å². The molecule has 0 atom stereocenters. The normalized spacial score (nSPS) is 10.9. The maximum absolute atomic E-state index is 12.5. The lowest BCUT2D eigenvalue weighted by molar-refractivity contribution is -0.139. The fourth-order valence-corrected chi connectivity index (χ4v) is 3.38. The number of aryl methyl sites for hydroxylation is 1. The van der Waals surface area contributed by atoms with Gasteiger partial charge in [-0.15, -0.1) is 0 Å². The van der Waals surface area contributed by atoms with E-state index in [2.05, 4.69) is 15.5 Å². The van der Waals surface area contributed by atoms with Gasteiger partial charge >= 0.3 is 11.8 Å². The SMILES string of the molecule is Cc1ccccc1NS(=O)(=O)c1ccc(C(=O)NNC(=O)C(=O)NC(C)C)cc1. The number of benzene rings is 2. The number of nitrogens with one attached hydrogen (secondary N) is 4. The van der Waals surface area contributed by atoms with E-state index >= 15 is 0 Å². The average molecular weight is 418 g/mol. The van der Waals surface area contributed by atoms with Crippen LogP contribution in [0.25, 0.3) is 0 Å². The lowest BCUT2D eigenvalue weighted by atomic mass is 10.2. The summed E-state index contributed by atoms with van der Waals surface area (Å²) in [7, 11) is -3.83. The van der Waals surface area contributed by atoms with Crippen molar-refractivity contribution in [2.75, 3.05) is 4.72 Å². The first-order valence-electron chi connectivity index (χ1n) is 8.70. The minimum absolute atomic E-state index is 0.0300. The van der Waals surface area contributed by atoms with E-state index in [4.69, 9.17) is 0 Å². The van der Waals surface area contributed by atoms with Gasteiger partial charge in [0.1, 0.15) is 0 Å². The number of rotatable bonds is 5. The zero-order valence-electron chi connectivity index (χ0n) is 16.1. The first kappa shape index (κ1) is 21.9. The third-order valence-electron chi connectivity index (χ3n) is 3.73. The van der Waals surface area contributed by atoms with E-state index in [-0.39, 0.29) is 16.5 Å². The summed E-state index contributed by atoms with van der Waals surface area (Å²) in [6.07, 6.45) is 0. The summed E-state index contributed by atoms with van der Waals surface area (Å²) in [5.41, 5.74) is 5.41. The lowest BCUT2D eigenvalue weighted by Gasteiger charge is -2.11. The van der Waals surface area contributed by atoms with E-state index < -0.39 is 27.7 Å². The number of para-hydroxylation sites is 1. The van der Waals surface area contributed by atoms with Crippen molar-refractivity contribution in [3.63, 3.8) is 0 Å². The van der Waals surface area contributed by atoms with Crippen LogP contribution in [-0.4, -0.2) is 32.2 Å². The van der Waals surface area contributed by atoms with E-state index in [0.29, 0.717) is 5.69 Å². The highest BCUT2D eigenvalue weighted by atomic mass is 32.2. The fraction of sp³-hybridized carbons (Fsp3) is 0.211. The summed E-state index contributed by atoms with van der Waals surface area (Å²) in [4.78, 5) is 35.1. The molecule has 3 amide bonds. The molecule has 0 aliphatic rings. The topological polar surface area (TPSA) is 133 Å². The summed E-state index contributed by atoms with van der Waals surface area (Å²) < 4.78 is 27.5. The van der Waals surface area contributed by atoms with E-state index in [1.54, 1.807) is 45.0 Å². The maximum atomic E-state index is 12.5. The first-order chi connectivity index (χ1) is 13.6. The first-order valence-corrected chi connectivity index (χ1v) is 10.2. The quantitative estimate of drug-likeness (QED) is 0.426. The molecule has 0 fully saturated rings. The molecule has 4 N–H and O–H groups in total. The van der Waals surface area contributed by atoms with Crippen molar-refractivity contribution in [2.24, 2.45) is 0 Å². The second-order valence-corrected chi connectivity index (χ2v) is 8.16. The predicted molar refractivity (Wildman–Crippen MR) is 107 cm³/mol. The largest absolute Gasteiger partial charge is 0.346 e. The smallest absolute Gasteiger partial charge is 0.327 e. The van der Waals surface area contributed by atoms with Crippen molar-refractivity contribution in [3.05, 3.63) is 59.7 Å². The number of amides is 3. The third kappa shape index (κ3) is 6.04. The van der Waals surface area contributed by atoms with Crippen molar-refractivity contribution < 1.29 is 22.8 Å². The van der Waals surface area contributed by atoms with E-state index in [9.17, 15) is 22.8 Å². The standard InChI is InChI=1S/C19H22N4O5S/c1-12(2)20-18(25)19(26)22-21-17(24)14-8-10-15(11-9-14)29(27,28)23-16-7-5-4-6-13(16)3/h4-12,23H,1-3H3,(H,20,25)(H,21,24)(H,22,26). The molecule has 10 heteroatoms. The van der Waals surface area contributed by atoms with Crippen LogP contribution in [0.15, 0.2) is 53.4 Å². The zero-order chi connectivity index (χ0) is 21.6. The van der Waals surface area contributed by atoms with Crippen LogP contribution in [0.3, 0.4) is 0 Å². The van der Waals surface area contributed by atoms with E-state index in [1.807, 2.05) is 5.43 Å². The third-order valence-corrected chi connectivity index (χ3v) is 5.11. The molecule has 0 radical (unpaired) electrons. The van der Waals surface area contributed by atoms with Crippen LogP contribution in [0.5, 0.6) is 0 Å². The molecule has 0 spiro atoms. The molecule has 0 saturated carbocycles. The number of carbonyl (C=O) groups is 3. The van der Waals surface area contributed by atoms with Gasteiger partial charge in [-0.3, -0.25) is 30.0 Å². The maximum Gasteiger partial charge on any atom is 0.327 e. The Labute approximate surface area is 168 Å². The predicted octanol–water partition coefficient (Wildman–Crippen LogP) is 1.08. The Morgan fingerprint density at radius 3 is 2.07 bits per heavy atom. The molecule has 0 saturated heterocycles. The molecular weight excluding hydrogens is 396 g/mol. The molecule has 0 unspecified atom stereocenters. The zero-order valence-corrected chi connectivity index (χ0v) is 17.0. The summed E-state index contributed by atoms with van der Waals surface area (Å²) in [6, 6.07) is 11.8. The minimum atomic E-state index is -3.83. The van der Waals surface area contributed by atoms with Crippen molar-refractivity contribution in [3.8, 4) is 0 Å². The molecule has 0 aliphatic carbocycles. The molecule has 2 aromatic rings. The Bertz CT molecular complexity index is 1020. The van der Waals surface area contributed by atoms with Gasteiger partial charge in [0.05, 0.1) is 10.6 Å². The van der Waals surface area contributed by atoms with Crippen LogP contribution >= 0.6 is 0 Å². The van der Waals surface area contributed by atoms with Crippen LogP contribution in [-0.2, 0) is 19.6 Å². The Morgan fingerprint density at radius 2 is 1.48 bits per heavy atom. The second kappa shape index (κ2) is 9.20. The number of sulfonamides is 1. The highest BCUT2D eigenvalue weighted by Crippen LogP contribution is 2.19. The molecule has 154 valence electrons. The Morgan fingerprint density at radius 1 is 0.862 bits per heavy atom. The summed E-state index contributed by atoms with van der Waals surface area (Å²) in [5, 5.41) is 2.38. The van der Waals surface area contributed by atoms with E-state index in [1.165, 1.54) is 24.3 Å². The van der Waals surface area contributed by atoms with Gasteiger partial charge in [-0.2, -0.15) is 0 Å². The van der Waals surface area contributed by atoms with Gasteiger partial charge in [-0.1, -0.05) is 18.2 Å². The molecule has 2 aromatic carbocycles. The van der Waals surface area contributed by atoms with Gasteiger partial charge < -0.3 is 5.32 Å². The number of hydrogen-bond acceptors (Lipinski definition) is 5. The highest BCUT2D eigenvalue weighted by Gasteiger charge is 2.18.